The van der Waals surface area contributed by atoms with Gasteiger partial charge >= 0.3 is 11.9 Å². The van der Waals surface area contributed by atoms with Crippen molar-refractivity contribution in [1.29, 1.82) is 0 Å². The summed E-state index contributed by atoms with van der Waals surface area (Å²) in [6.45, 7) is 6.66. The van der Waals surface area contributed by atoms with Gasteiger partial charge in [0.2, 0.25) is 6.29 Å². The number of allylic oxidation sites excluding steroid dienone is 2. The van der Waals surface area contributed by atoms with Crippen molar-refractivity contribution in [2.24, 2.45) is 22.7 Å². The zero-order chi connectivity index (χ0) is 19.1. The van der Waals surface area contributed by atoms with Gasteiger partial charge in [0.15, 0.2) is 0 Å². The van der Waals surface area contributed by atoms with E-state index in [1.54, 1.807) is 7.11 Å². The monoisotopic (exact) mass is 362 g/mol. The molecule has 26 heavy (non-hydrogen) atoms. The maximum atomic E-state index is 12.0. The number of carboxylic acids is 1. The Morgan fingerprint density at radius 2 is 2.15 bits per heavy atom. The summed E-state index contributed by atoms with van der Waals surface area (Å²) in [5, 5.41) is 9.72. The first-order chi connectivity index (χ1) is 12.2. The second-order valence-electron chi connectivity index (χ2n) is 8.62. The molecule has 3 aliphatic rings. The number of methoxy groups -OCH3 is 1. The molecule has 0 unspecified atom stereocenters. The molecule has 0 amide bonds. The fourth-order valence-electron chi connectivity index (χ4n) is 5.51. The second kappa shape index (κ2) is 6.84. The zero-order valence-corrected chi connectivity index (χ0v) is 16.2. The summed E-state index contributed by atoms with van der Waals surface area (Å²) in [6.07, 6.45) is 8.44. The normalized spacial score (nSPS) is 41.5. The number of carbonyl (C=O) groups is 2. The van der Waals surface area contributed by atoms with Crippen LogP contribution in [0.5, 0.6) is 0 Å². The smallest absolute Gasteiger partial charge is 0.336 e. The molecule has 1 aliphatic heterocycles. The molecule has 1 saturated heterocycles. The standard InChI is InChI=1S/C21H30O5/c1-13-8-10-21(3)15(18(22)23)6-5-7-16(21)20(13,2)11-9-14-12-17(25-4)26-19(14)24/h6,9,13,16-17H,5,7-8,10-12H2,1-4H3,(H,22,23)/t13-,16-,17-,20+,21+/m1/s1. The van der Waals surface area contributed by atoms with Gasteiger partial charge in [0.1, 0.15) is 0 Å². The average molecular weight is 362 g/mol. The molecular weight excluding hydrogens is 332 g/mol. The van der Waals surface area contributed by atoms with E-state index in [-0.39, 0.29) is 16.8 Å². The molecule has 2 fully saturated rings. The van der Waals surface area contributed by atoms with Crippen LogP contribution < -0.4 is 0 Å². The number of ether oxygens (including phenoxy) is 2. The average Bonchev–Trinajstić information content (AvgIpc) is 2.96. The van der Waals surface area contributed by atoms with Crippen LogP contribution >= 0.6 is 0 Å². The molecule has 0 aromatic rings. The van der Waals surface area contributed by atoms with E-state index < -0.39 is 12.3 Å². The molecule has 1 N–H and O–H groups in total. The Bertz CT molecular complexity index is 663. The van der Waals surface area contributed by atoms with Gasteiger partial charge in [0, 0.05) is 30.1 Å². The molecule has 1 saturated carbocycles. The van der Waals surface area contributed by atoms with E-state index in [1.165, 1.54) is 0 Å². The van der Waals surface area contributed by atoms with Crippen molar-refractivity contribution in [1.82, 2.24) is 0 Å². The van der Waals surface area contributed by atoms with E-state index in [0.717, 1.165) is 32.1 Å². The van der Waals surface area contributed by atoms with Crippen LogP contribution in [0.1, 0.15) is 59.3 Å². The number of carboxylic acid groups (broad SMARTS) is 1. The highest BCUT2D eigenvalue weighted by Crippen LogP contribution is 2.61. The summed E-state index contributed by atoms with van der Waals surface area (Å²) in [6, 6.07) is 0. The van der Waals surface area contributed by atoms with E-state index in [0.29, 0.717) is 29.4 Å². The summed E-state index contributed by atoms with van der Waals surface area (Å²) < 4.78 is 10.3. The molecule has 5 atom stereocenters. The van der Waals surface area contributed by atoms with Crippen molar-refractivity contribution in [2.75, 3.05) is 7.11 Å². The Hall–Kier alpha value is -1.62. The van der Waals surface area contributed by atoms with E-state index in [1.807, 2.05) is 12.2 Å². The van der Waals surface area contributed by atoms with Crippen LogP contribution in [0.15, 0.2) is 23.3 Å². The summed E-state index contributed by atoms with van der Waals surface area (Å²) >= 11 is 0. The van der Waals surface area contributed by atoms with Gasteiger partial charge in [0.25, 0.3) is 0 Å². The van der Waals surface area contributed by atoms with Crippen LogP contribution in [-0.2, 0) is 19.1 Å². The van der Waals surface area contributed by atoms with Crippen molar-refractivity contribution in [2.45, 2.75) is 65.6 Å². The third-order valence-electron chi connectivity index (χ3n) is 7.38. The van der Waals surface area contributed by atoms with Crippen LogP contribution in [0, 0.1) is 22.7 Å². The lowest BCUT2D eigenvalue weighted by Crippen LogP contribution is -2.50. The van der Waals surface area contributed by atoms with Gasteiger partial charge in [-0.05, 0) is 49.4 Å². The molecule has 1 heterocycles. The van der Waals surface area contributed by atoms with Gasteiger partial charge in [-0.2, -0.15) is 0 Å². The van der Waals surface area contributed by atoms with Gasteiger partial charge in [-0.1, -0.05) is 32.9 Å². The lowest BCUT2D eigenvalue weighted by atomic mass is 9.47. The molecule has 0 bridgehead atoms. The maximum absolute atomic E-state index is 12.0. The van der Waals surface area contributed by atoms with Gasteiger partial charge in [-0.3, -0.25) is 0 Å². The van der Waals surface area contributed by atoms with Crippen LogP contribution in [0.2, 0.25) is 0 Å². The summed E-state index contributed by atoms with van der Waals surface area (Å²) in [7, 11) is 1.54. The molecule has 2 aliphatic carbocycles. The van der Waals surface area contributed by atoms with Crippen molar-refractivity contribution < 1.29 is 24.2 Å². The van der Waals surface area contributed by atoms with Crippen molar-refractivity contribution >= 4 is 11.9 Å². The number of hydrogen-bond donors (Lipinski definition) is 1. The minimum absolute atomic E-state index is 0.0413. The van der Waals surface area contributed by atoms with Crippen molar-refractivity contribution in [3.05, 3.63) is 23.3 Å². The van der Waals surface area contributed by atoms with Crippen LogP contribution in [0.3, 0.4) is 0 Å². The largest absolute Gasteiger partial charge is 0.478 e. The number of aliphatic carboxylic acids is 1. The zero-order valence-electron chi connectivity index (χ0n) is 16.2. The number of esters is 1. The topological polar surface area (TPSA) is 72.8 Å². The molecular formula is C21H30O5. The molecule has 144 valence electrons. The summed E-state index contributed by atoms with van der Waals surface area (Å²) in [4.78, 5) is 23.9. The van der Waals surface area contributed by atoms with Gasteiger partial charge in [-0.25, -0.2) is 9.59 Å². The number of hydrogen-bond acceptors (Lipinski definition) is 4. The Labute approximate surface area is 155 Å². The molecule has 0 spiro atoms. The van der Waals surface area contributed by atoms with Crippen LogP contribution in [0.4, 0.5) is 0 Å². The number of rotatable bonds is 4. The highest BCUT2D eigenvalue weighted by molar-refractivity contribution is 5.90. The molecule has 0 aromatic carbocycles. The molecule has 5 nitrogen and oxygen atoms in total. The minimum atomic E-state index is -0.783. The fourth-order valence-corrected chi connectivity index (χ4v) is 5.51. The van der Waals surface area contributed by atoms with E-state index in [4.69, 9.17) is 9.47 Å². The number of fused-ring (bicyclic) bond motifs is 1. The van der Waals surface area contributed by atoms with Crippen LogP contribution in [0.25, 0.3) is 0 Å². The molecule has 3 rings (SSSR count). The fraction of sp³-hybridized carbons (Fsp3) is 0.714. The highest BCUT2D eigenvalue weighted by Gasteiger charge is 2.55. The van der Waals surface area contributed by atoms with E-state index >= 15 is 0 Å². The quantitative estimate of drug-likeness (QED) is 0.602. The Balaban J connectivity index is 1.88. The Morgan fingerprint density at radius 1 is 1.42 bits per heavy atom. The van der Waals surface area contributed by atoms with Crippen molar-refractivity contribution in [3.8, 4) is 0 Å². The van der Waals surface area contributed by atoms with Crippen molar-refractivity contribution in [3.63, 3.8) is 0 Å². The van der Waals surface area contributed by atoms with Gasteiger partial charge < -0.3 is 14.6 Å². The van der Waals surface area contributed by atoms with E-state index in [2.05, 4.69) is 20.8 Å². The Kier molecular flexibility index (Phi) is 5.04. The molecule has 0 aromatic heterocycles. The highest BCUT2D eigenvalue weighted by atomic mass is 16.7. The third kappa shape index (κ3) is 3.00. The lowest BCUT2D eigenvalue weighted by Gasteiger charge is -2.57. The SMILES string of the molecule is CO[C@H]1CC(=CC[C@@]2(C)[C@H](C)CC[C@@]3(C)C(C(=O)O)=CCC[C@H]23)C(=O)O1. The first-order valence-corrected chi connectivity index (χ1v) is 9.59. The number of carbonyl (C=O) groups excluding carboxylic acids is 1. The second-order valence-corrected chi connectivity index (χ2v) is 8.62. The molecule has 5 heteroatoms. The first-order valence-electron chi connectivity index (χ1n) is 9.59. The predicted octanol–water partition coefficient (Wildman–Crippen LogP) is 4.09. The lowest BCUT2D eigenvalue weighted by molar-refractivity contribution is -0.156. The Morgan fingerprint density at radius 3 is 2.77 bits per heavy atom. The van der Waals surface area contributed by atoms with Gasteiger partial charge in [0.05, 0.1) is 0 Å². The van der Waals surface area contributed by atoms with Gasteiger partial charge in [-0.15, -0.1) is 0 Å². The maximum Gasteiger partial charge on any atom is 0.336 e. The third-order valence-corrected chi connectivity index (χ3v) is 7.38. The number of cyclic esters (lactones) is 1. The minimum Gasteiger partial charge on any atom is -0.478 e. The molecule has 0 radical (unpaired) electrons. The van der Waals surface area contributed by atoms with E-state index in [9.17, 15) is 14.7 Å². The predicted molar refractivity (Wildman–Crippen MR) is 97.3 cm³/mol. The first kappa shape index (κ1) is 19.2. The summed E-state index contributed by atoms with van der Waals surface area (Å²) in [5.41, 5.74) is 0.928. The van der Waals surface area contributed by atoms with Crippen LogP contribution in [-0.4, -0.2) is 30.4 Å². The summed E-state index contributed by atoms with van der Waals surface area (Å²) in [5.74, 6) is -0.306.